The summed E-state index contributed by atoms with van der Waals surface area (Å²) in [7, 11) is 0. The Bertz CT molecular complexity index is 891. The maximum Gasteiger partial charge on any atom is 0.225 e. The van der Waals surface area contributed by atoms with Gasteiger partial charge in [-0.05, 0) is 51.1 Å². The predicted octanol–water partition coefficient (Wildman–Crippen LogP) is 3.13. The van der Waals surface area contributed by atoms with E-state index in [9.17, 15) is 0 Å². The third kappa shape index (κ3) is 4.61. The van der Waals surface area contributed by atoms with Crippen LogP contribution in [0.1, 0.15) is 32.3 Å². The number of nitrogens with two attached hydrogens (primary N) is 2. The number of aromatic nitrogens is 2. The zero-order chi connectivity index (χ0) is 20.1. The van der Waals surface area contributed by atoms with Crippen LogP contribution in [0.25, 0.3) is 16.8 Å². The van der Waals surface area contributed by atoms with E-state index in [0.717, 1.165) is 54.3 Å². The van der Waals surface area contributed by atoms with Gasteiger partial charge >= 0.3 is 0 Å². The summed E-state index contributed by atoms with van der Waals surface area (Å²) in [4.78, 5) is 19.8. The Hall–Kier alpha value is -3.06. The lowest BCUT2D eigenvalue weighted by molar-refractivity contribution is 0.495. The molecule has 2 heterocycles. The normalized spacial score (nSPS) is 16.3. The molecule has 0 radical (unpaired) electrons. The molecule has 1 saturated heterocycles. The summed E-state index contributed by atoms with van der Waals surface area (Å²) in [5, 5.41) is 0. The van der Waals surface area contributed by atoms with Crippen LogP contribution in [0.15, 0.2) is 46.6 Å². The average molecular weight is 377 g/mol. The highest BCUT2D eigenvalue weighted by molar-refractivity contribution is 5.85. The molecule has 1 aromatic carbocycles. The van der Waals surface area contributed by atoms with Crippen molar-refractivity contribution in [2.45, 2.75) is 32.7 Å². The Balaban J connectivity index is 2.03. The number of nitrogen functional groups attached to an aromatic ring is 1. The lowest BCUT2D eigenvalue weighted by atomic mass is 10.0. The number of rotatable bonds is 4. The molecule has 0 bridgehead atoms. The van der Waals surface area contributed by atoms with E-state index in [1.54, 1.807) is 13.1 Å². The molecule has 7 nitrogen and oxygen atoms in total. The fraction of sp³-hybridized carbons (Fsp3) is 0.333. The first-order chi connectivity index (χ1) is 13.5. The molecule has 3 rings (SSSR count). The summed E-state index contributed by atoms with van der Waals surface area (Å²) < 4.78 is 0. The van der Waals surface area contributed by atoms with Crippen LogP contribution in [-0.4, -0.2) is 41.7 Å². The predicted molar refractivity (Wildman–Crippen MR) is 118 cm³/mol. The van der Waals surface area contributed by atoms with E-state index in [1.165, 1.54) is 0 Å². The lowest BCUT2D eigenvalue weighted by Crippen LogP contribution is -2.40. The minimum Gasteiger partial charge on any atom is -0.399 e. The van der Waals surface area contributed by atoms with E-state index in [2.05, 4.69) is 26.6 Å². The Morgan fingerprint density at radius 1 is 1.21 bits per heavy atom. The second kappa shape index (κ2) is 8.75. The summed E-state index contributed by atoms with van der Waals surface area (Å²) in [5.41, 5.74) is 16.3. The summed E-state index contributed by atoms with van der Waals surface area (Å²) >= 11 is 0. The van der Waals surface area contributed by atoms with Crippen LogP contribution < -0.4 is 16.4 Å². The van der Waals surface area contributed by atoms with Gasteiger partial charge in [-0.2, -0.15) is 0 Å². The Kier molecular flexibility index (Phi) is 6.16. The molecule has 1 aliphatic heterocycles. The number of benzene rings is 1. The number of nitrogens with zero attached hydrogens (tertiary/aromatic N) is 5. The summed E-state index contributed by atoms with van der Waals surface area (Å²) in [5.74, 6) is 1.33. The van der Waals surface area contributed by atoms with Crippen molar-refractivity contribution in [1.29, 1.82) is 0 Å². The largest absolute Gasteiger partial charge is 0.399 e. The fourth-order valence-corrected chi connectivity index (χ4v) is 3.07. The molecular formula is C21H27N7. The van der Waals surface area contributed by atoms with Crippen LogP contribution >= 0.6 is 0 Å². The second-order valence-electron chi connectivity index (χ2n) is 7.03. The van der Waals surface area contributed by atoms with E-state index in [1.807, 2.05) is 37.4 Å². The summed E-state index contributed by atoms with van der Waals surface area (Å²) in [6.45, 7) is 9.01. The van der Waals surface area contributed by atoms with Gasteiger partial charge in [-0.1, -0.05) is 12.1 Å². The molecule has 0 unspecified atom stereocenters. The Morgan fingerprint density at radius 3 is 2.54 bits per heavy atom. The van der Waals surface area contributed by atoms with Crippen molar-refractivity contribution in [3.63, 3.8) is 0 Å². The summed E-state index contributed by atoms with van der Waals surface area (Å²) in [6.07, 6.45) is 5.53. The van der Waals surface area contributed by atoms with Gasteiger partial charge in [0, 0.05) is 48.3 Å². The summed E-state index contributed by atoms with van der Waals surface area (Å²) in [6, 6.07) is 7.97. The minimum atomic E-state index is 0.261. The molecule has 1 fully saturated rings. The van der Waals surface area contributed by atoms with Crippen LogP contribution in [0.4, 0.5) is 11.6 Å². The van der Waals surface area contributed by atoms with Crippen LogP contribution in [0.3, 0.4) is 0 Å². The number of hydrogen-bond acceptors (Lipinski definition) is 6. The standard InChI is InChI=1S/C21H27N7/c1-14(12-25-15(2)24-3)19-13-26-21(28-10-8-18(23)9-11-28)27-20(19)16-4-6-17(22)7-5-16/h4-7,12-13,18H,3,8-11,22-23H2,1-2H3/b14-12+,25-15?. The number of amidine groups is 1. The number of aliphatic imine (C=N–C) groups is 2. The Labute approximate surface area is 165 Å². The van der Waals surface area contributed by atoms with Crippen LogP contribution in [0.2, 0.25) is 0 Å². The van der Waals surface area contributed by atoms with Crippen molar-refractivity contribution in [3.05, 3.63) is 42.2 Å². The van der Waals surface area contributed by atoms with Crippen LogP contribution in [0, 0.1) is 0 Å². The second-order valence-corrected chi connectivity index (χ2v) is 7.03. The highest BCUT2D eigenvalue weighted by Crippen LogP contribution is 2.29. The van der Waals surface area contributed by atoms with Crippen molar-refractivity contribution in [3.8, 4) is 11.3 Å². The van der Waals surface area contributed by atoms with Crippen molar-refractivity contribution >= 4 is 29.8 Å². The quantitative estimate of drug-likeness (QED) is 0.484. The molecule has 0 aliphatic carbocycles. The minimum absolute atomic E-state index is 0.261. The van der Waals surface area contributed by atoms with Gasteiger partial charge in [0.25, 0.3) is 0 Å². The molecule has 1 aromatic heterocycles. The number of allylic oxidation sites excluding steroid dienone is 1. The van der Waals surface area contributed by atoms with Crippen LogP contribution in [0.5, 0.6) is 0 Å². The molecule has 0 atom stereocenters. The third-order valence-corrected chi connectivity index (χ3v) is 4.88. The van der Waals surface area contributed by atoms with Gasteiger partial charge in [-0.15, -0.1) is 0 Å². The maximum absolute atomic E-state index is 6.03. The van der Waals surface area contributed by atoms with Gasteiger partial charge < -0.3 is 16.4 Å². The first-order valence-corrected chi connectivity index (χ1v) is 9.39. The van der Waals surface area contributed by atoms with Crippen molar-refractivity contribution < 1.29 is 0 Å². The first kappa shape index (κ1) is 19.7. The van der Waals surface area contributed by atoms with Crippen molar-refractivity contribution in [2.24, 2.45) is 15.7 Å². The van der Waals surface area contributed by atoms with Gasteiger partial charge in [-0.3, -0.25) is 0 Å². The zero-order valence-electron chi connectivity index (χ0n) is 16.5. The topological polar surface area (TPSA) is 106 Å². The Morgan fingerprint density at radius 2 is 1.89 bits per heavy atom. The highest BCUT2D eigenvalue weighted by Gasteiger charge is 2.20. The maximum atomic E-state index is 6.03. The number of piperidine rings is 1. The fourth-order valence-electron chi connectivity index (χ4n) is 3.07. The van der Waals surface area contributed by atoms with Crippen molar-refractivity contribution in [1.82, 2.24) is 9.97 Å². The first-order valence-electron chi connectivity index (χ1n) is 9.39. The van der Waals surface area contributed by atoms with E-state index < -0.39 is 0 Å². The monoisotopic (exact) mass is 377 g/mol. The molecule has 0 amide bonds. The molecule has 146 valence electrons. The van der Waals surface area contributed by atoms with Gasteiger partial charge in [0.1, 0.15) is 5.84 Å². The van der Waals surface area contributed by atoms with Gasteiger partial charge in [0.15, 0.2) is 0 Å². The average Bonchev–Trinajstić information content (AvgIpc) is 2.72. The SMILES string of the molecule is C=NC(C)=N/C=C(\C)c1cnc(N2CCC(N)CC2)nc1-c1ccc(N)cc1. The molecule has 0 spiro atoms. The van der Waals surface area contributed by atoms with E-state index in [4.69, 9.17) is 16.5 Å². The zero-order valence-corrected chi connectivity index (χ0v) is 16.5. The smallest absolute Gasteiger partial charge is 0.225 e. The molecule has 0 saturated carbocycles. The third-order valence-electron chi connectivity index (χ3n) is 4.88. The van der Waals surface area contributed by atoms with Crippen LogP contribution in [-0.2, 0) is 0 Å². The van der Waals surface area contributed by atoms with Crippen molar-refractivity contribution in [2.75, 3.05) is 23.7 Å². The molecule has 1 aliphatic rings. The molecule has 28 heavy (non-hydrogen) atoms. The number of anilines is 2. The number of hydrogen-bond donors (Lipinski definition) is 2. The molecule has 4 N–H and O–H groups in total. The van der Waals surface area contributed by atoms with E-state index in [0.29, 0.717) is 11.5 Å². The molecular weight excluding hydrogens is 350 g/mol. The highest BCUT2D eigenvalue weighted by atomic mass is 15.3. The van der Waals surface area contributed by atoms with Gasteiger partial charge in [0.2, 0.25) is 5.95 Å². The van der Waals surface area contributed by atoms with Gasteiger partial charge in [-0.25, -0.2) is 20.0 Å². The lowest BCUT2D eigenvalue weighted by Gasteiger charge is -2.30. The molecule has 7 heteroatoms. The van der Waals surface area contributed by atoms with E-state index in [-0.39, 0.29) is 6.04 Å². The van der Waals surface area contributed by atoms with Gasteiger partial charge in [0.05, 0.1) is 5.69 Å². The van der Waals surface area contributed by atoms with E-state index >= 15 is 0 Å². The molecule has 2 aromatic rings.